The molecule has 1 nitrogen and oxygen atoms in total. The van der Waals surface area contributed by atoms with Gasteiger partial charge in [-0.15, -0.1) is 7.05 Å². The van der Waals surface area contributed by atoms with Crippen molar-refractivity contribution in [2.24, 2.45) is 0 Å². The van der Waals surface area contributed by atoms with E-state index in [1.165, 1.54) is 16.7 Å². The van der Waals surface area contributed by atoms with Crippen molar-refractivity contribution in [3.05, 3.63) is 70.5 Å². The summed E-state index contributed by atoms with van der Waals surface area (Å²) in [6.45, 7) is 6.32. The first-order valence-electron chi connectivity index (χ1n) is 6.29. The molecule has 3 heteroatoms. The Hall–Kier alpha value is -0.487. The largest absolute Gasteiger partial charge is 0.708 e. The van der Waals surface area contributed by atoms with Crippen molar-refractivity contribution in [2.45, 2.75) is 27.2 Å². The zero-order valence-electron chi connectivity index (χ0n) is 12.6. The molecule has 0 heterocycles. The van der Waals surface area contributed by atoms with E-state index in [-0.39, 0.29) is 39.6 Å². The van der Waals surface area contributed by atoms with Crippen LogP contribution >= 0.6 is 0 Å². The van der Waals surface area contributed by atoms with Gasteiger partial charge in [0.15, 0.2) is 0 Å². The molecule has 107 valence electrons. The number of hydrogen-bond donors (Lipinski definition) is 0. The van der Waals surface area contributed by atoms with Crippen LogP contribution in [0.4, 0.5) is 5.69 Å². The normalized spacial score (nSPS) is 8.40. The number of hydrogen-bond acceptors (Lipinski definition) is 0. The van der Waals surface area contributed by atoms with Gasteiger partial charge in [0, 0.05) is 39.6 Å². The van der Waals surface area contributed by atoms with Gasteiger partial charge in [-0.3, -0.25) is 5.69 Å². The third kappa shape index (κ3) is 8.64. The topological polar surface area (TPSA) is 14.1 Å². The van der Waals surface area contributed by atoms with Crippen LogP contribution in [-0.4, -0.2) is 7.05 Å². The van der Waals surface area contributed by atoms with Gasteiger partial charge in [-0.1, -0.05) is 43.7 Å². The Labute approximate surface area is 149 Å². The Bertz CT molecular complexity index is 406. The zero-order chi connectivity index (χ0) is 13.4. The van der Waals surface area contributed by atoms with Crippen LogP contribution < -0.4 is 0 Å². The Kier molecular flexibility index (Phi) is 13.4. The molecule has 0 amide bonds. The maximum Gasteiger partial charge on any atom is 0 e. The molecule has 0 spiro atoms. The molecule has 20 heavy (non-hydrogen) atoms. The van der Waals surface area contributed by atoms with E-state index in [2.05, 4.69) is 49.5 Å². The minimum Gasteiger partial charge on any atom is -0.708 e. The van der Waals surface area contributed by atoms with Crippen LogP contribution in [0.3, 0.4) is 0 Å². The quantitative estimate of drug-likeness (QED) is 0.546. The van der Waals surface area contributed by atoms with Crippen molar-refractivity contribution in [3.8, 4) is 0 Å². The Morgan fingerprint density at radius 2 is 1.50 bits per heavy atom. The molecule has 2 aromatic carbocycles. The van der Waals surface area contributed by atoms with Crippen LogP contribution in [0.2, 0.25) is 0 Å². The van der Waals surface area contributed by atoms with Gasteiger partial charge in [0.25, 0.3) is 0 Å². The second-order valence-electron chi connectivity index (χ2n) is 4.31. The minimum absolute atomic E-state index is 0. The average molecular weight is 474 g/mol. The predicted molar refractivity (Wildman–Crippen MR) is 79.5 cm³/mol. The molecule has 2 rings (SSSR count). The van der Waals surface area contributed by atoms with Gasteiger partial charge < -0.3 is 5.32 Å². The smallest absolute Gasteiger partial charge is 0 e. The van der Waals surface area contributed by atoms with Gasteiger partial charge in [-0.05, 0) is 18.9 Å². The molecular weight excluding hydrogens is 453 g/mol. The van der Waals surface area contributed by atoms with E-state index < -0.39 is 0 Å². The summed E-state index contributed by atoms with van der Waals surface area (Å²) in [5.74, 6) is 0. The Balaban J connectivity index is 0. The van der Waals surface area contributed by atoms with Crippen molar-refractivity contribution in [1.29, 1.82) is 0 Å². The number of rotatable bonds is 2. The van der Waals surface area contributed by atoms with Gasteiger partial charge >= 0.3 is 0 Å². The molecule has 0 N–H and O–H groups in total. The molecule has 0 aliphatic heterocycles. The molecule has 0 saturated heterocycles. The van der Waals surface area contributed by atoms with Crippen molar-refractivity contribution >= 4 is 5.69 Å². The summed E-state index contributed by atoms with van der Waals surface area (Å²) < 4.78 is 0. The summed E-state index contributed by atoms with van der Waals surface area (Å²) in [6.07, 6.45) is 1.14. The van der Waals surface area contributed by atoms with E-state index in [0.717, 1.165) is 12.1 Å². The van der Waals surface area contributed by atoms with Gasteiger partial charge in [0.2, 0.25) is 0 Å². The third-order valence-electron chi connectivity index (χ3n) is 2.72. The molecule has 2 aromatic rings. The van der Waals surface area contributed by atoms with Crippen LogP contribution in [0, 0.1) is 19.9 Å². The van der Waals surface area contributed by atoms with Gasteiger partial charge in [-0.2, -0.15) is 29.8 Å². The van der Waals surface area contributed by atoms with Crippen LogP contribution in [0.5, 0.6) is 0 Å². The monoisotopic (exact) mass is 474 g/mol. The summed E-state index contributed by atoms with van der Waals surface area (Å²) in [7, 11) is 1.77. The maximum atomic E-state index is 3.96. The average Bonchev–Trinajstić information content (AvgIpc) is 2.41. The zero-order valence-corrected chi connectivity index (χ0v) is 16.9. The van der Waals surface area contributed by atoms with E-state index in [1.54, 1.807) is 7.05 Å². The molecule has 0 fully saturated rings. The first-order valence-corrected chi connectivity index (χ1v) is 6.29. The fraction of sp³-hybridized carbons (Fsp3) is 0.294. The summed E-state index contributed by atoms with van der Waals surface area (Å²) in [4.78, 5) is 0. The van der Waals surface area contributed by atoms with Crippen molar-refractivity contribution < 1.29 is 39.6 Å². The fourth-order valence-electron chi connectivity index (χ4n) is 1.46. The summed E-state index contributed by atoms with van der Waals surface area (Å²) in [5.41, 5.74) is 4.90. The van der Waals surface area contributed by atoms with Gasteiger partial charge in [0.1, 0.15) is 0 Å². The molecule has 0 atom stereocenters. The fourth-order valence-corrected chi connectivity index (χ4v) is 1.46. The van der Waals surface area contributed by atoms with Crippen molar-refractivity contribution in [2.75, 3.05) is 7.05 Å². The van der Waals surface area contributed by atoms with E-state index in [4.69, 9.17) is 0 Å². The molecule has 0 aliphatic carbocycles. The predicted octanol–water partition coefficient (Wildman–Crippen LogP) is 4.98. The van der Waals surface area contributed by atoms with Gasteiger partial charge in [-0.25, -0.2) is 0 Å². The molecule has 0 aliphatic rings. The van der Waals surface area contributed by atoms with E-state index in [1.807, 2.05) is 25.1 Å². The Morgan fingerprint density at radius 1 is 0.950 bits per heavy atom. The standard InChI is InChI=1S/C9H12.C8H9N.V.W/c1-3-9-6-4-8(2)5-7-9;1-7-3-5-8(9-2)6-4-7;;/h4-7H,3H2,1-2H3;3-5H,1-2H3;;/q;-2;;. The Morgan fingerprint density at radius 3 is 1.90 bits per heavy atom. The maximum absolute atomic E-state index is 3.96. The number of nitrogens with zero attached hydrogens (tertiary/aromatic N) is 1. The molecule has 0 saturated carbocycles. The molecule has 0 bridgehead atoms. The SMILES string of the molecule is CCc1ccc(C)cc1.C[N-]c1[c-]cc(C)cc1.[V].[W]. The molecule has 1 radical (unpaired) electrons. The van der Waals surface area contributed by atoms with Crippen LogP contribution in [-0.2, 0) is 46.0 Å². The molecule has 0 aromatic heterocycles. The van der Waals surface area contributed by atoms with Crippen LogP contribution in [0.25, 0.3) is 5.32 Å². The van der Waals surface area contributed by atoms with E-state index >= 15 is 0 Å². The first kappa shape index (κ1) is 21.8. The summed E-state index contributed by atoms with van der Waals surface area (Å²) in [6, 6.07) is 17.6. The second kappa shape index (κ2) is 12.3. The van der Waals surface area contributed by atoms with Crippen LogP contribution in [0.15, 0.2) is 42.5 Å². The first-order chi connectivity index (χ1) is 8.65. The van der Waals surface area contributed by atoms with E-state index in [9.17, 15) is 0 Å². The summed E-state index contributed by atoms with van der Waals surface area (Å²) in [5, 5.41) is 3.96. The number of benzene rings is 2. The molecule has 0 unspecified atom stereocenters. The molecular formula is C17H21NVW-2. The van der Waals surface area contributed by atoms with Crippen LogP contribution in [0.1, 0.15) is 23.6 Å². The van der Waals surface area contributed by atoms with Crippen molar-refractivity contribution in [1.82, 2.24) is 0 Å². The third-order valence-corrected chi connectivity index (χ3v) is 2.72. The second-order valence-corrected chi connectivity index (χ2v) is 4.31. The minimum atomic E-state index is 0. The van der Waals surface area contributed by atoms with E-state index in [0.29, 0.717) is 0 Å². The van der Waals surface area contributed by atoms with Gasteiger partial charge in [0.05, 0.1) is 0 Å². The summed E-state index contributed by atoms with van der Waals surface area (Å²) >= 11 is 0. The number of aryl methyl sites for hydroxylation is 3. The van der Waals surface area contributed by atoms with Crippen molar-refractivity contribution in [3.63, 3.8) is 0 Å².